The second-order valence-corrected chi connectivity index (χ2v) is 5.41. The molecule has 0 aliphatic carbocycles. The predicted molar refractivity (Wildman–Crippen MR) is 79.1 cm³/mol. The van der Waals surface area contributed by atoms with Gasteiger partial charge in [-0.2, -0.15) is 0 Å². The van der Waals surface area contributed by atoms with E-state index in [2.05, 4.69) is 30.1 Å². The Morgan fingerprint density at radius 1 is 1.32 bits per heavy atom. The van der Waals surface area contributed by atoms with Crippen molar-refractivity contribution >= 4 is 5.69 Å². The molecule has 1 atom stereocenters. The number of anilines is 1. The molecule has 0 radical (unpaired) electrons. The number of nitrogens with one attached hydrogen (secondary N) is 1. The second kappa shape index (κ2) is 6.90. The Balaban J connectivity index is 2.28. The molecule has 2 nitrogen and oxygen atoms in total. The maximum atomic E-state index is 14.1. The average molecular weight is 264 g/mol. The van der Waals surface area contributed by atoms with Gasteiger partial charge in [-0.3, -0.25) is 0 Å². The Morgan fingerprint density at radius 2 is 2.16 bits per heavy atom. The lowest BCUT2D eigenvalue weighted by Crippen LogP contribution is -2.34. The maximum Gasteiger partial charge on any atom is 0.129 e. The van der Waals surface area contributed by atoms with Crippen LogP contribution in [0.25, 0.3) is 0 Å². The first kappa shape index (κ1) is 14.3. The Morgan fingerprint density at radius 3 is 2.95 bits per heavy atom. The van der Waals surface area contributed by atoms with Crippen LogP contribution in [0.3, 0.4) is 0 Å². The van der Waals surface area contributed by atoms with Crippen LogP contribution < -0.4 is 10.2 Å². The fourth-order valence-corrected chi connectivity index (χ4v) is 2.87. The van der Waals surface area contributed by atoms with Crippen molar-refractivity contribution < 1.29 is 4.39 Å². The molecule has 0 spiro atoms. The molecule has 1 aliphatic rings. The molecule has 1 N–H and O–H groups in total. The summed E-state index contributed by atoms with van der Waals surface area (Å²) in [6.45, 7) is 6.83. The first-order valence-electron chi connectivity index (χ1n) is 7.48. The van der Waals surface area contributed by atoms with Gasteiger partial charge >= 0.3 is 0 Å². The van der Waals surface area contributed by atoms with Crippen molar-refractivity contribution in [3.05, 3.63) is 29.6 Å². The van der Waals surface area contributed by atoms with Crippen LogP contribution in [0.15, 0.2) is 18.2 Å². The standard InChI is InChI=1S/C16H25FN2/c1-3-18-12-14-15(17)9-7-10-16(14)19-11-6-4-5-8-13(19)2/h7,9-10,13,18H,3-6,8,11-12H2,1-2H3. The molecule has 0 bridgehead atoms. The quantitative estimate of drug-likeness (QED) is 0.892. The largest absolute Gasteiger partial charge is 0.368 e. The van der Waals surface area contributed by atoms with Gasteiger partial charge in [-0.25, -0.2) is 4.39 Å². The van der Waals surface area contributed by atoms with Crippen molar-refractivity contribution in [1.29, 1.82) is 0 Å². The fourth-order valence-electron chi connectivity index (χ4n) is 2.87. The van der Waals surface area contributed by atoms with Crippen LogP contribution >= 0.6 is 0 Å². The zero-order valence-corrected chi connectivity index (χ0v) is 12.1. The summed E-state index contributed by atoms with van der Waals surface area (Å²) in [6, 6.07) is 5.97. The third kappa shape index (κ3) is 3.47. The van der Waals surface area contributed by atoms with Gasteiger partial charge in [0.1, 0.15) is 5.82 Å². The highest BCUT2D eigenvalue weighted by Gasteiger charge is 2.20. The van der Waals surface area contributed by atoms with E-state index in [0.717, 1.165) is 24.3 Å². The van der Waals surface area contributed by atoms with Crippen molar-refractivity contribution in [3.8, 4) is 0 Å². The number of nitrogens with zero attached hydrogens (tertiary/aromatic N) is 1. The van der Waals surface area contributed by atoms with Crippen molar-refractivity contribution in [3.63, 3.8) is 0 Å². The molecular formula is C16H25FN2. The van der Waals surface area contributed by atoms with E-state index < -0.39 is 0 Å². The summed E-state index contributed by atoms with van der Waals surface area (Å²) >= 11 is 0. The Bertz CT molecular complexity index is 406. The molecule has 1 aliphatic heterocycles. The van der Waals surface area contributed by atoms with E-state index in [1.165, 1.54) is 25.7 Å². The highest BCUT2D eigenvalue weighted by atomic mass is 19.1. The Labute approximate surface area is 116 Å². The monoisotopic (exact) mass is 264 g/mol. The van der Waals surface area contributed by atoms with Gasteiger partial charge in [0.2, 0.25) is 0 Å². The van der Waals surface area contributed by atoms with Crippen LogP contribution in [-0.2, 0) is 6.54 Å². The minimum Gasteiger partial charge on any atom is -0.368 e. The molecule has 106 valence electrons. The molecule has 0 amide bonds. The number of benzene rings is 1. The van der Waals surface area contributed by atoms with Crippen molar-refractivity contribution in [2.45, 2.75) is 52.1 Å². The molecule has 1 aromatic rings. The highest BCUT2D eigenvalue weighted by molar-refractivity contribution is 5.55. The predicted octanol–water partition coefficient (Wildman–Crippen LogP) is 3.70. The number of halogens is 1. The van der Waals surface area contributed by atoms with Crippen LogP contribution in [0.2, 0.25) is 0 Å². The van der Waals surface area contributed by atoms with Crippen LogP contribution in [0.1, 0.15) is 45.1 Å². The fraction of sp³-hybridized carbons (Fsp3) is 0.625. The smallest absolute Gasteiger partial charge is 0.129 e. The summed E-state index contributed by atoms with van der Waals surface area (Å²) in [5.74, 6) is -0.0881. The number of hydrogen-bond acceptors (Lipinski definition) is 2. The normalized spacial score (nSPS) is 20.4. The van der Waals surface area contributed by atoms with Crippen LogP contribution in [0, 0.1) is 5.82 Å². The van der Waals surface area contributed by atoms with E-state index in [4.69, 9.17) is 0 Å². The van der Waals surface area contributed by atoms with Crippen molar-refractivity contribution in [1.82, 2.24) is 5.32 Å². The average Bonchev–Trinajstić information content (AvgIpc) is 2.62. The van der Waals surface area contributed by atoms with Gasteiger partial charge in [0.05, 0.1) is 0 Å². The highest BCUT2D eigenvalue weighted by Crippen LogP contribution is 2.28. The van der Waals surface area contributed by atoms with Crippen LogP contribution in [-0.4, -0.2) is 19.1 Å². The molecule has 0 aromatic heterocycles. The van der Waals surface area contributed by atoms with Gasteiger partial charge in [0.25, 0.3) is 0 Å². The zero-order valence-electron chi connectivity index (χ0n) is 12.1. The van der Waals surface area contributed by atoms with E-state index in [-0.39, 0.29) is 5.82 Å². The summed E-state index contributed by atoms with van der Waals surface area (Å²) in [7, 11) is 0. The lowest BCUT2D eigenvalue weighted by atomic mass is 10.1. The minimum absolute atomic E-state index is 0.0881. The van der Waals surface area contributed by atoms with E-state index >= 15 is 0 Å². The van der Waals surface area contributed by atoms with Gasteiger partial charge in [-0.1, -0.05) is 25.8 Å². The van der Waals surface area contributed by atoms with Gasteiger partial charge in [0, 0.05) is 30.4 Å². The molecule has 1 aromatic carbocycles. The number of hydrogen-bond donors (Lipinski definition) is 1. The SMILES string of the molecule is CCNCc1c(F)cccc1N1CCCCCC1C. The lowest BCUT2D eigenvalue weighted by Gasteiger charge is -2.31. The van der Waals surface area contributed by atoms with Gasteiger partial charge in [0.15, 0.2) is 0 Å². The third-order valence-electron chi connectivity index (χ3n) is 4.01. The van der Waals surface area contributed by atoms with Crippen LogP contribution in [0.4, 0.5) is 10.1 Å². The van der Waals surface area contributed by atoms with Gasteiger partial charge in [-0.15, -0.1) is 0 Å². The Kier molecular flexibility index (Phi) is 5.20. The zero-order chi connectivity index (χ0) is 13.7. The summed E-state index contributed by atoms with van der Waals surface area (Å²) in [5.41, 5.74) is 1.90. The molecule has 1 unspecified atom stereocenters. The second-order valence-electron chi connectivity index (χ2n) is 5.41. The molecule has 19 heavy (non-hydrogen) atoms. The molecule has 3 heteroatoms. The molecule has 2 rings (SSSR count). The van der Waals surface area contributed by atoms with Crippen molar-refractivity contribution in [2.24, 2.45) is 0 Å². The lowest BCUT2D eigenvalue weighted by molar-refractivity contribution is 0.579. The van der Waals surface area contributed by atoms with E-state index in [9.17, 15) is 4.39 Å². The van der Waals surface area contributed by atoms with E-state index in [1.54, 1.807) is 6.07 Å². The molecule has 1 heterocycles. The first-order valence-corrected chi connectivity index (χ1v) is 7.48. The summed E-state index contributed by atoms with van der Waals surface area (Å²) < 4.78 is 14.1. The first-order chi connectivity index (χ1) is 9.24. The Hall–Kier alpha value is -1.09. The third-order valence-corrected chi connectivity index (χ3v) is 4.01. The molecular weight excluding hydrogens is 239 g/mol. The van der Waals surface area contributed by atoms with Gasteiger partial charge < -0.3 is 10.2 Å². The van der Waals surface area contributed by atoms with Crippen LogP contribution in [0.5, 0.6) is 0 Å². The molecule has 1 fully saturated rings. The van der Waals surface area contributed by atoms with Crippen molar-refractivity contribution in [2.75, 3.05) is 18.0 Å². The van der Waals surface area contributed by atoms with E-state index in [1.807, 2.05) is 6.07 Å². The molecule has 0 saturated carbocycles. The summed E-state index contributed by atoms with van der Waals surface area (Å²) in [6.07, 6.45) is 4.99. The van der Waals surface area contributed by atoms with Gasteiger partial charge in [-0.05, 0) is 38.4 Å². The maximum absolute atomic E-state index is 14.1. The molecule has 1 saturated heterocycles. The summed E-state index contributed by atoms with van der Waals surface area (Å²) in [5, 5.41) is 3.25. The summed E-state index contributed by atoms with van der Waals surface area (Å²) in [4.78, 5) is 2.39. The minimum atomic E-state index is -0.0881. The number of rotatable bonds is 4. The van der Waals surface area contributed by atoms with E-state index in [0.29, 0.717) is 12.6 Å². The topological polar surface area (TPSA) is 15.3 Å².